The largest absolute Gasteiger partial charge is 0.497 e. The second-order valence-electron chi connectivity index (χ2n) is 7.36. The molecule has 0 atom stereocenters. The number of Topliss-reactive ketones (excluding diaryl/α,β-unsaturated/α-hetero) is 1. The van der Waals surface area contributed by atoms with Gasteiger partial charge in [0.1, 0.15) is 12.3 Å². The Labute approximate surface area is 201 Å². The maximum absolute atomic E-state index is 12.9. The quantitative estimate of drug-likeness (QED) is 0.366. The van der Waals surface area contributed by atoms with Crippen LogP contribution < -0.4 is 9.46 Å². The molecule has 1 aromatic heterocycles. The van der Waals surface area contributed by atoms with Gasteiger partial charge in [-0.15, -0.1) is 10.2 Å². The van der Waals surface area contributed by atoms with E-state index in [0.717, 1.165) is 10.4 Å². The van der Waals surface area contributed by atoms with E-state index in [4.69, 9.17) is 16.3 Å². The number of hydrogen-bond acceptors (Lipinski definition) is 7. The molecule has 174 valence electrons. The summed E-state index contributed by atoms with van der Waals surface area (Å²) in [5, 5.41) is 12.6. The van der Waals surface area contributed by atoms with Crippen molar-refractivity contribution in [1.82, 2.24) is 20.2 Å². The highest BCUT2D eigenvalue weighted by molar-refractivity contribution is 7.92. The Bertz CT molecular complexity index is 1450. The van der Waals surface area contributed by atoms with Crippen molar-refractivity contribution in [2.24, 2.45) is 0 Å². The van der Waals surface area contributed by atoms with Crippen LogP contribution in [0.2, 0.25) is 5.02 Å². The summed E-state index contributed by atoms with van der Waals surface area (Å²) < 4.78 is 33.5. The first-order chi connectivity index (χ1) is 16.3. The lowest BCUT2D eigenvalue weighted by Gasteiger charge is -2.11. The lowest BCUT2D eigenvalue weighted by atomic mass is 10.1. The molecule has 9 nitrogen and oxygen atoms in total. The SMILES string of the molecule is COc1ccc(C(=O)Cn2nnc(-c3ccccc3NS(=O)(=O)c3ccc(C)c(Cl)c3)n2)cc1. The van der Waals surface area contributed by atoms with E-state index >= 15 is 0 Å². The minimum Gasteiger partial charge on any atom is -0.497 e. The highest BCUT2D eigenvalue weighted by Gasteiger charge is 2.19. The lowest BCUT2D eigenvalue weighted by molar-refractivity contribution is 0.0961. The second-order valence-corrected chi connectivity index (χ2v) is 9.45. The van der Waals surface area contributed by atoms with Crippen LogP contribution in [-0.2, 0) is 16.6 Å². The van der Waals surface area contributed by atoms with Gasteiger partial charge in [0.15, 0.2) is 5.78 Å². The van der Waals surface area contributed by atoms with Gasteiger partial charge < -0.3 is 4.74 Å². The van der Waals surface area contributed by atoms with Crippen molar-refractivity contribution in [2.45, 2.75) is 18.4 Å². The Morgan fingerprint density at radius 3 is 2.53 bits per heavy atom. The molecule has 0 amide bonds. The molecule has 0 fully saturated rings. The maximum Gasteiger partial charge on any atom is 0.261 e. The third kappa shape index (κ3) is 5.08. The standard InChI is InChI=1S/C23H20ClN5O4S/c1-15-7-12-18(13-20(15)24)34(31,32)27-21-6-4-3-5-19(21)23-25-28-29(26-23)14-22(30)16-8-10-17(33-2)11-9-16/h3-13,27H,14H2,1-2H3. The number of methoxy groups -OCH3 is 1. The van der Waals surface area contributed by atoms with Crippen LogP contribution in [0.1, 0.15) is 15.9 Å². The van der Waals surface area contributed by atoms with Crippen molar-refractivity contribution in [3.05, 3.63) is 82.9 Å². The van der Waals surface area contributed by atoms with Crippen LogP contribution in [0, 0.1) is 6.92 Å². The molecular formula is C23H20ClN5O4S. The third-order valence-electron chi connectivity index (χ3n) is 5.02. The smallest absolute Gasteiger partial charge is 0.261 e. The van der Waals surface area contributed by atoms with E-state index in [0.29, 0.717) is 21.9 Å². The predicted octanol–water partition coefficient (Wildman–Crippen LogP) is 3.99. The number of benzene rings is 3. The summed E-state index contributed by atoms with van der Waals surface area (Å²) in [6, 6.07) is 17.8. The molecule has 0 saturated carbocycles. The number of tetrazole rings is 1. The van der Waals surface area contributed by atoms with Gasteiger partial charge in [-0.3, -0.25) is 9.52 Å². The average Bonchev–Trinajstić information content (AvgIpc) is 3.29. The van der Waals surface area contributed by atoms with Crippen LogP contribution in [0.4, 0.5) is 5.69 Å². The van der Waals surface area contributed by atoms with E-state index in [9.17, 15) is 13.2 Å². The molecule has 0 spiro atoms. The Morgan fingerprint density at radius 2 is 1.82 bits per heavy atom. The number of ether oxygens (including phenoxy) is 1. The summed E-state index contributed by atoms with van der Waals surface area (Å²) in [7, 11) is -2.37. The minimum absolute atomic E-state index is 0.0274. The summed E-state index contributed by atoms with van der Waals surface area (Å²) in [6.45, 7) is 1.66. The van der Waals surface area contributed by atoms with Crippen molar-refractivity contribution in [2.75, 3.05) is 11.8 Å². The molecule has 34 heavy (non-hydrogen) atoms. The first-order valence-corrected chi connectivity index (χ1v) is 12.0. The molecule has 3 aromatic carbocycles. The van der Waals surface area contributed by atoms with Crippen LogP contribution in [0.5, 0.6) is 5.75 Å². The Balaban J connectivity index is 1.56. The molecule has 0 saturated heterocycles. The van der Waals surface area contributed by atoms with E-state index in [1.807, 2.05) is 0 Å². The number of ketones is 1. The summed E-state index contributed by atoms with van der Waals surface area (Å²) in [6.07, 6.45) is 0. The van der Waals surface area contributed by atoms with E-state index in [-0.39, 0.29) is 28.7 Å². The molecule has 0 aliphatic carbocycles. The monoisotopic (exact) mass is 497 g/mol. The number of carbonyl (C=O) groups excluding carboxylic acids is 1. The number of carbonyl (C=O) groups is 1. The number of nitrogens with zero attached hydrogens (tertiary/aromatic N) is 4. The molecule has 11 heteroatoms. The van der Waals surface area contributed by atoms with Gasteiger partial charge in [0.05, 0.1) is 17.7 Å². The summed E-state index contributed by atoms with van der Waals surface area (Å²) in [4.78, 5) is 13.7. The molecule has 0 radical (unpaired) electrons. The number of aromatic nitrogens is 4. The van der Waals surface area contributed by atoms with Crippen LogP contribution in [0.3, 0.4) is 0 Å². The molecule has 0 unspecified atom stereocenters. The van der Waals surface area contributed by atoms with Gasteiger partial charge in [-0.25, -0.2) is 8.42 Å². The first kappa shape index (κ1) is 23.4. The topological polar surface area (TPSA) is 116 Å². The van der Waals surface area contributed by atoms with Crippen LogP contribution in [0.15, 0.2) is 71.6 Å². The number of para-hydroxylation sites is 1. The Morgan fingerprint density at radius 1 is 1.09 bits per heavy atom. The fourth-order valence-electron chi connectivity index (χ4n) is 3.13. The van der Waals surface area contributed by atoms with Crippen LogP contribution in [0.25, 0.3) is 11.4 Å². The highest BCUT2D eigenvalue weighted by Crippen LogP contribution is 2.28. The van der Waals surface area contributed by atoms with Gasteiger partial charge >= 0.3 is 0 Å². The number of aryl methyl sites for hydroxylation is 1. The molecule has 0 aliphatic heterocycles. The van der Waals surface area contributed by atoms with E-state index in [1.165, 1.54) is 12.1 Å². The van der Waals surface area contributed by atoms with Gasteiger partial charge in [0.25, 0.3) is 10.0 Å². The van der Waals surface area contributed by atoms with Gasteiger partial charge in [-0.05, 0) is 66.2 Å². The first-order valence-electron chi connectivity index (χ1n) is 10.1. The molecule has 0 bridgehead atoms. The molecule has 1 heterocycles. The second kappa shape index (κ2) is 9.62. The average molecular weight is 498 g/mol. The number of sulfonamides is 1. The number of anilines is 1. The molecule has 1 N–H and O–H groups in total. The van der Waals surface area contributed by atoms with Crippen molar-refractivity contribution >= 4 is 33.1 Å². The van der Waals surface area contributed by atoms with Gasteiger partial charge in [0, 0.05) is 16.1 Å². The molecule has 4 aromatic rings. The van der Waals surface area contributed by atoms with E-state index < -0.39 is 10.0 Å². The zero-order valence-electron chi connectivity index (χ0n) is 18.3. The molecule has 0 aliphatic rings. The maximum atomic E-state index is 12.9. The van der Waals surface area contributed by atoms with Crippen molar-refractivity contribution in [1.29, 1.82) is 0 Å². The van der Waals surface area contributed by atoms with Crippen molar-refractivity contribution in [3.8, 4) is 17.1 Å². The van der Waals surface area contributed by atoms with Crippen molar-refractivity contribution in [3.63, 3.8) is 0 Å². The third-order valence-corrected chi connectivity index (χ3v) is 6.79. The fraction of sp³-hybridized carbons (Fsp3) is 0.130. The van der Waals surface area contributed by atoms with Gasteiger partial charge in [-0.2, -0.15) is 4.80 Å². The summed E-state index contributed by atoms with van der Waals surface area (Å²) in [5.74, 6) is 0.601. The van der Waals surface area contributed by atoms with Crippen LogP contribution >= 0.6 is 11.6 Å². The number of nitrogens with one attached hydrogen (secondary N) is 1. The van der Waals surface area contributed by atoms with E-state index in [2.05, 4.69) is 20.1 Å². The van der Waals surface area contributed by atoms with E-state index in [1.54, 1.807) is 68.6 Å². The predicted molar refractivity (Wildman–Crippen MR) is 128 cm³/mol. The number of halogens is 1. The van der Waals surface area contributed by atoms with Gasteiger partial charge in [0.2, 0.25) is 5.82 Å². The highest BCUT2D eigenvalue weighted by atomic mass is 35.5. The number of hydrogen-bond donors (Lipinski definition) is 1. The molecule has 4 rings (SSSR count). The fourth-order valence-corrected chi connectivity index (χ4v) is 4.48. The summed E-state index contributed by atoms with van der Waals surface area (Å²) >= 11 is 6.10. The van der Waals surface area contributed by atoms with Gasteiger partial charge in [-0.1, -0.05) is 29.8 Å². The van der Waals surface area contributed by atoms with Crippen molar-refractivity contribution < 1.29 is 17.9 Å². The molecular weight excluding hydrogens is 478 g/mol. The lowest BCUT2D eigenvalue weighted by Crippen LogP contribution is -2.14. The normalized spacial score (nSPS) is 11.3. The Hall–Kier alpha value is -3.76. The minimum atomic E-state index is -3.92. The van der Waals surface area contributed by atoms with Crippen LogP contribution in [-0.4, -0.2) is 41.5 Å². The zero-order chi connectivity index (χ0) is 24.3. The summed E-state index contributed by atoms with van der Waals surface area (Å²) in [5.41, 5.74) is 1.92. The zero-order valence-corrected chi connectivity index (χ0v) is 19.8. The Kier molecular flexibility index (Phi) is 6.62. The number of rotatable bonds is 8.